The number of nitrogens with zero attached hydrogens (tertiary/aromatic N) is 1. The van der Waals surface area contributed by atoms with Crippen molar-refractivity contribution in [2.45, 2.75) is 18.4 Å². The summed E-state index contributed by atoms with van der Waals surface area (Å²) in [6.45, 7) is 0. The number of benzene rings is 1. The molecule has 21 heavy (non-hydrogen) atoms. The molecular formula is C13H11ClN2O5. The molecule has 0 saturated heterocycles. The molecule has 3 rings (SSSR count). The number of halogens is 1. The Kier molecular flexibility index (Phi) is 3.02. The van der Waals surface area contributed by atoms with Gasteiger partial charge in [0.05, 0.1) is 16.2 Å². The normalized spacial score (nSPS) is 25.9. The van der Waals surface area contributed by atoms with Crippen molar-refractivity contribution < 1.29 is 19.9 Å². The van der Waals surface area contributed by atoms with E-state index in [1.54, 1.807) is 12.2 Å². The quantitative estimate of drug-likeness (QED) is 0.335. The minimum Gasteiger partial charge on any atom is -0.506 e. The summed E-state index contributed by atoms with van der Waals surface area (Å²) < 4.78 is 0. The summed E-state index contributed by atoms with van der Waals surface area (Å²) in [5, 5.41) is 33.1. The van der Waals surface area contributed by atoms with E-state index in [1.165, 1.54) is 0 Å². The highest BCUT2D eigenvalue weighted by molar-refractivity contribution is 6.33. The van der Waals surface area contributed by atoms with Crippen LogP contribution in [-0.4, -0.2) is 27.1 Å². The summed E-state index contributed by atoms with van der Waals surface area (Å²) in [5.41, 5.74) is 0.0369. The van der Waals surface area contributed by atoms with E-state index in [0.29, 0.717) is 6.42 Å². The Morgan fingerprint density at radius 3 is 2.86 bits per heavy atom. The monoisotopic (exact) mass is 310 g/mol. The number of rotatable bonds is 2. The van der Waals surface area contributed by atoms with Crippen LogP contribution in [0.3, 0.4) is 0 Å². The van der Waals surface area contributed by atoms with Crippen molar-refractivity contribution in [1.82, 2.24) is 0 Å². The van der Waals surface area contributed by atoms with Gasteiger partial charge in [0.2, 0.25) is 0 Å². The van der Waals surface area contributed by atoms with Crippen molar-refractivity contribution in [1.29, 1.82) is 0 Å². The maximum Gasteiger partial charge on any atom is 0.326 e. The van der Waals surface area contributed by atoms with Crippen molar-refractivity contribution in [3.8, 4) is 5.75 Å². The topological polar surface area (TPSA) is 113 Å². The third kappa shape index (κ3) is 1.92. The number of phenolic OH excluding ortho intramolecular Hbond substituents is 1. The van der Waals surface area contributed by atoms with Gasteiger partial charge in [-0.25, -0.2) is 4.79 Å². The molecule has 1 aromatic rings. The van der Waals surface area contributed by atoms with Crippen LogP contribution in [0.2, 0.25) is 5.02 Å². The van der Waals surface area contributed by atoms with Crippen LogP contribution in [0.15, 0.2) is 18.2 Å². The smallest absolute Gasteiger partial charge is 0.326 e. The van der Waals surface area contributed by atoms with E-state index in [2.05, 4.69) is 5.32 Å². The first-order chi connectivity index (χ1) is 9.91. The summed E-state index contributed by atoms with van der Waals surface area (Å²) in [5.74, 6) is -2.14. The lowest BCUT2D eigenvalue weighted by Gasteiger charge is -2.34. The molecule has 0 amide bonds. The zero-order valence-corrected chi connectivity index (χ0v) is 11.4. The van der Waals surface area contributed by atoms with Crippen molar-refractivity contribution in [2.75, 3.05) is 5.32 Å². The molecule has 2 aliphatic rings. The number of carbonyl (C=O) groups is 1. The number of hydrogen-bond donors (Lipinski definition) is 3. The van der Waals surface area contributed by atoms with Gasteiger partial charge < -0.3 is 15.5 Å². The summed E-state index contributed by atoms with van der Waals surface area (Å²) in [6, 6.07) is 0.146. The molecule has 8 heteroatoms. The number of anilines is 1. The predicted molar refractivity (Wildman–Crippen MR) is 74.8 cm³/mol. The van der Waals surface area contributed by atoms with Crippen LogP contribution in [0.1, 0.15) is 17.9 Å². The van der Waals surface area contributed by atoms with Gasteiger partial charge in [0.1, 0.15) is 16.8 Å². The number of nitrogens with one attached hydrogen (secondary N) is 1. The van der Waals surface area contributed by atoms with Gasteiger partial charge in [-0.2, -0.15) is 0 Å². The standard InChI is InChI=1S/C13H11ClN2O5/c14-7-4-8(17)11-9(12(7)16(20)21)5-2-1-3-6(5)10(15-11)13(18)19/h1-2,4-6,10,15,17H,3H2,(H,18,19)/t5-,6-,10-/m1/s1. The molecule has 7 nitrogen and oxygen atoms in total. The Labute approximate surface area is 124 Å². The summed E-state index contributed by atoms with van der Waals surface area (Å²) in [4.78, 5) is 22.0. The van der Waals surface area contributed by atoms with Gasteiger partial charge >= 0.3 is 5.97 Å². The van der Waals surface area contributed by atoms with Crippen molar-refractivity contribution >= 4 is 28.9 Å². The van der Waals surface area contributed by atoms with Crippen LogP contribution < -0.4 is 5.32 Å². The molecule has 0 saturated carbocycles. The maximum atomic E-state index is 11.4. The molecule has 0 unspecified atom stereocenters. The van der Waals surface area contributed by atoms with Crippen molar-refractivity contribution in [2.24, 2.45) is 5.92 Å². The number of nitro benzene ring substituents is 1. The molecule has 1 heterocycles. The van der Waals surface area contributed by atoms with Crippen LogP contribution in [0.4, 0.5) is 11.4 Å². The molecule has 0 spiro atoms. The Balaban J connectivity index is 2.27. The number of carboxylic acid groups (broad SMARTS) is 1. The fourth-order valence-electron chi connectivity index (χ4n) is 3.14. The van der Waals surface area contributed by atoms with E-state index < -0.39 is 22.9 Å². The molecule has 3 N–H and O–H groups in total. The van der Waals surface area contributed by atoms with Crippen LogP contribution in [-0.2, 0) is 4.79 Å². The molecule has 0 radical (unpaired) electrons. The number of nitro groups is 1. The Morgan fingerprint density at radius 2 is 2.24 bits per heavy atom. The Bertz CT molecular complexity index is 688. The van der Waals surface area contributed by atoms with Gasteiger partial charge in [-0.1, -0.05) is 23.8 Å². The summed E-state index contributed by atoms with van der Waals surface area (Å²) in [6.07, 6.45) is 4.03. The molecule has 3 atom stereocenters. The molecule has 0 aromatic heterocycles. The second-order valence-corrected chi connectivity index (χ2v) is 5.49. The number of aliphatic carboxylic acids is 1. The van der Waals surface area contributed by atoms with E-state index in [-0.39, 0.29) is 33.6 Å². The van der Waals surface area contributed by atoms with Gasteiger partial charge in [0, 0.05) is 17.9 Å². The first-order valence-electron chi connectivity index (χ1n) is 6.27. The van der Waals surface area contributed by atoms with Gasteiger partial charge in [-0.05, 0) is 6.42 Å². The summed E-state index contributed by atoms with van der Waals surface area (Å²) in [7, 11) is 0. The molecular weight excluding hydrogens is 300 g/mol. The number of hydrogen-bond acceptors (Lipinski definition) is 5. The van der Waals surface area contributed by atoms with E-state index in [1.807, 2.05) is 0 Å². The van der Waals surface area contributed by atoms with Gasteiger partial charge in [-0.15, -0.1) is 0 Å². The number of phenols is 1. The van der Waals surface area contributed by atoms with Crippen LogP contribution in [0.25, 0.3) is 0 Å². The van der Waals surface area contributed by atoms with E-state index in [4.69, 9.17) is 11.6 Å². The highest BCUT2D eigenvalue weighted by atomic mass is 35.5. The fraction of sp³-hybridized carbons (Fsp3) is 0.308. The highest BCUT2D eigenvalue weighted by Gasteiger charge is 2.45. The molecule has 110 valence electrons. The maximum absolute atomic E-state index is 11.4. The van der Waals surface area contributed by atoms with Gasteiger partial charge in [0.15, 0.2) is 0 Å². The van der Waals surface area contributed by atoms with E-state index in [0.717, 1.165) is 6.07 Å². The van der Waals surface area contributed by atoms with E-state index >= 15 is 0 Å². The third-order valence-electron chi connectivity index (χ3n) is 3.99. The lowest BCUT2D eigenvalue weighted by atomic mass is 9.78. The van der Waals surface area contributed by atoms with Crippen molar-refractivity contribution in [3.63, 3.8) is 0 Å². The molecule has 0 fully saturated rings. The second kappa shape index (κ2) is 4.63. The third-order valence-corrected chi connectivity index (χ3v) is 4.28. The van der Waals surface area contributed by atoms with Crippen LogP contribution >= 0.6 is 11.6 Å². The lowest BCUT2D eigenvalue weighted by molar-refractivity contribution is -0.385. The number of fused-ring (bicyclic) bond motifs is 3. The first-order valence-corrected chi connectivity index (χ1v) is 6.65. The summed E-state index contributed by atoms with van der Waals surface area (Å²) >= 11 is 5.88. The second-order valence-electron chi connectivity index (χ2n) is 5.09. The number of allylic oxidation sites excluding steroid dienone is 2. The predicted octanol–water partition coefficient (Wildman–Crippen LogP) is 2.49. The molecule has 1 aliphatic heterocycles. The van der Waals surface area contributed by atoms with Crippen molar-refractivity contribution in [3.05, 3.63) is 38.9 Å². The highest BCUT2D eigenvalue weighted by Crippen LogP contribution is 2.53. The number of carboxylic acids is 1. The molecule has 1 aliphatic carbocycles. The molecule has 1 aromatic carbocycles. The largest absolute Gasteiger partial charge is 0.506 e. The number of aromatic hydroxyl groups is 1. The Hall–Kier alpha value is -2.28. The average Bonchev–Trinajstić information content (AvgIpc) is 2.86. The zero-order valence-electron chi connectivity index (χ0n) is 10.6. The minimum atomic E-state index is -1.06. The SMILES string of the molecule is O=C(O)[C@@H]1Nc2c(O)cc(Cl)c([N+](=O)[O-])c2[C@@H]2C=CC[C@@H]12. The fourth-order valence-corrected chi connectivity index (χ4v) is 3.41. The zero-order chi connectivity index (χ0) is 15.3. The average molecular weight is 311 g/mol. The lowest BCUT2D eigenvalue weighted by Crippen LogP contribution is -2.42. The van der Waals surface area contributed by atoms with Crippen LogP contribution in [0, 0.1) is 16.0 Å². The van der Waals surface area contributed by atoms with Gasteiger partial charge in [0.25, 0.3) is 5.69 Å². The van der Waals surface area contributed by atoms with Gasteiger partial charge in [-0.3, -0.25) is 10.1 Å². The van der Waals surface area contributed by atoms with Crippen LogP contribution in [0.5, 0.6) is 5.75 Å². The Morgan fingerprint density at radius 1 is 1.52 bits per heavy atom. The minimum absolute atomic E-state index is 0.0753. The molecule has 0 bridgehead atoms. The van der Waals surface area contributed by atoms with E-state index in [9.17, 15) is 25.1 Å². The first kappa shape index (κ1) is 13.7.